The van der Waals surface area contributed by atoms with Crippen LogP contribution in [0.4, 0.5) is 4.79 Å². The van der Waals surface area contributed by atoms with Crippen LogP contribution >= 0.6 is 15.9 Å². The van der Waals surface area contributed by atoms with E-state index in [1.165, 1.54) is 0 Å². The van der Waals surface area contributed by atoms with Gasteiger partial charge < -0.3 is 24.8 Å². The molecule has 0 aromatic heterocycles. The number of urea groups is 1. The van der Waals surface area contributed by atoms with E-state index in [-0.39, 0.29) is 24.3 Å². The quantitative estimate of drug-likeness (QED) is 0.644. The molecular weight excluding hydrogens is 426 g/mol. The fourth-order valence-electron chi connectivity index (χ4n) is 3.71. The average molecular weight is 456 g/mol. The molecule has 2 aliphatic rings. The van der Waals surface area contributed by atoms with Crippen molar-refractivity contribution >= 4 is 22.0 Å². The van der Waals surface area contributed by atoms with Gasteiger partial charge in [-0.25, -0.2) is 4.79 Å². The number of carbonyl (C=O) groups is 1. The molecule has 0 saturated carbocycles. The molecule has 0 bridgehead atoms. The number of halogens is 1. The summed E-state index contributed by atoms with van der Waals surface area (Å²) in [6, 6.07) is 3.48. The molecule has 2 aliphatic heterocycles. The van der Waals surface area contributed by atoms with Gasteiger partial charge in [-0.1, -0.05) is 15.9 Å². The SMILES string of the molecule is C[C@@H]1CN(CCCNC(=O)N[C@@H](C)c2cc3c(cc2Br)OCCO3)C[C@@H](C)O1. The van der Waals surface area contributed by atoms with E-state index in [1.807, 2.05) is 19.1 Å². The molecule has 2 N–H and O–H groups in total. The fraction of sp³-hybridized carbons (Fsp3) is 0.650. The van der Waals surface area contributed by atoms with Gasteiger partial charge in [-0.3, -0.25) is 4.90 Å². The van der Waals surface area contributed by atoms with Crippen molar-refractivity contribution in [1.29, 1.82) is 0 Å². The van der Waals surface area contributed by atoms with Crippen molar-refractivity contribution in [3.8, 4) is 11.5 Å². The first-order valence-corrected chi connectivity index (χ1v) is 10.7. The fourth-order valence-corrected chi connectivity index (χ4v) is 4.37. The van der Waals surface area contributed by atoms with Crippen LogP contribution in [0.25, 0.3) is 0 Å². The third kappa shape index (κ3) is 5.75. The van der Waals surface area contributed by atoms with Crippen molar-refractivity contribution < 1.29 is 19.0 Å². The van der Waals surface area contributed by atoms with E-state index in [4.69, 9.17) is 14.2 Å². The Hall–Kier alpha value is -1.51. The summed E-state index contributed by atoms with van der Waals surface area (Å²) in [7, 11) is 0. The van der Waals surface area contributed by atoms with E-state index in [2.05, 4.69) is 45.3 Å². The van der Waals surface area contributed by atoms with Gasteiger partial charge in [0.1, 0.15) is 13.2 Å². The molecule has 0 spiro atoms. The predicted octanol–water partition coefficient (Wildman–Crippen LogP) is 3.08. The van der Waals surface area contributed by atoms with Crippen LogP contribution in [0.3, 0.4) is 0 Å². The standard InChI is InChI=1S/C20H30BrN3O4/c1-13-11-24(12-14(2)28-13)6-4-5-22-20(25)23-15(3)16-9-18-19(10-17(16)21)27-8-7-26-18/h9-10,13-15H,4-8,11-12H2,1-3H3,(H2,22,23,25)/t13-,14-,15+/m1/s1. The highest BCUT2D eigenvalue weighted by Gasteiger charge is 2.22. The average Bonchev–Trinajstić information content (AvgIpc) is 2.64. The Morgan fingerprint density at radius 3 is 2.54 bits per heavy atom. The van der Waals surface area contributed by atoms with Crippen LogP contribution in [0.5, 0.6) is 11.5 Å². The van der Waals surface area contributed by atoms with Gasteiger partial charge in [-0.15, -0.1) is 0 Å². The van der Waals surface area contributed by atoms with Gasteiger partial charge in [0, 0.05) is 30.7 Å². The van der Waals surface area contributed by atoms with Gasteiger partial charge in [-0.05, 0) is 44.9 Å². The number of hydrogen-bond acceptors (Lipinski definition) is 5. The molecule has 0 unspecified atom stereocenters. The Morgan fingerprint density at radius 1 is 1.21 bits per heavy atom. The molecule has 2 amide bonds. The topological polar surface area (TPSA) is 72.1 Å². The largest absolute Gasteiger partial charge is 0.486 e. The number of hydrogen-bond donors (Lipinski definition) is 2. The zero-order valence-corrected chi connectivity index (χ0v) is 18.4. The molecule has 2 heterocycles. The second-order valence-electron chi connectivity index (χ2n) is 7.51. The van der Waals surface area contributed by atoms with Crippen molar-refractivity contribution in [3.05, 3.63) is 22.2 Å². The Kier molecular flexibility index (Phi) is 7.42. The zero-order valence-electron chi connectivity index (χ0n) is 16.8. The van der Waals surface area contributed by atoms with Crippen LogP contribution in [-0.4, -0.2) is 62.5 Å². The monoisotopic (exact) mass is 455 g/mol. The molecule has 1 aromatic rings. The predicted molar refractivity (Wildman–Crippen MR) is 111 cm³/mol. The Balaban J connectivity index is 1.42. The maximum Gasteiger partial charge on any atom is 0.315 e. The molecule has 156 valence electrons. The van der Waals surface area contributed by atoms with Crippen LogP contribution in [-0.2, 0) is 4.74 Å². The Morgan fingerprint density at radius 2 is 1.86 bits per heavy atom. The van der Waals surface area contributed by atoms with E-state index >= 15 is 0 Å². The number of nitrogens with one attached hydrogen (secondary N) is 2. The van der Waals surface area contributed by atoms with E-state index in [0.717, 1.165) is 41.8 Å². The molecule has 3 atom stereocenters. The number of fused-ring (bicyclic) bond motifs is 1. The van der Waals surface area contributed by atoms with Gasteiger partial charge in [0.15, 0.2) is 11.5 Å². The summed E-state index contributed by atoms with van der Waals surface area (Å²) >= 11 is 3.56. The highest BCUT2D eigenvalue weighted by Crippen LogP contribution is 2.37. The first kappa shape index (κ1) is 21.2. The summed E-state index contributed by atoms with van der Waals surface area (Å²) in [6.07, 6.45) is 1.45. The van der Waals surface area contributed by atoms with Gasteiger partial charge in [0.2, 0.25) is 0 Å². The minimum atomic E-state index is -0.169. The van der Waals surface area contributed by atoms with Crippen molar-refractivity contribution in [2.45, 2.75) is 45.4 Å². The lowest BCUT2D eigenvalue weighted by Crippen LogP contribution is -2.46. The van der Waals surface area contributed by atoms with Crippen molar-refractivity contribution in [1.82, 2.24) is 15.5 Å². The Bertz CT molecular complexity index is 678. The lowest BCUT2D eigenvalue weighted by atomic mass is 10.1. The van der Waals surface area contributed by atoms with Gasteiger partial charge in [0.25, 0.3) is 0 Å². The zero-order chi connectivity index (χ0) is 20.1. The highest BCUT2D eigenvalue weighted by atomic mass is 79.9. The maximum absolute atomic E-state index is 12.3. The maximum atomic E-state index is 12.3. The second kappa shape index (κ2) is 9.80. The minimum Gasteiger partial charge on any atom is -0.486 e. The molecular formula is C20H30BrN3O4. The lowest BCUT2D eigenvalue weighted by Gasteiger charge is -2.35. The summed E-state index contributed by atoms with van der Waals surface area (Å²) in [5, 5.41) is 5.93. The van der Waals surface area contributed by atoms with Crippen molar-refractivity contribution in [2.75, 3.05) is 39.4 Å². The number of carbonyl (C=O) groups excluding carboxylic acids is 1. The number of nitrogens with zero attached hydrogens (tertiary/aromatic N) is 1. The van der Waals surface area contributed by atoms with E-state index in [0.29, 0.717) is 25.5 Å². The number of ether oxygens (including phenoxy) is 3. The molecule has 1 fully saturated rings. The van der Waals surface area contributed by atoms with E-state index in [1.54, 1.807) is 0 Å². The molecule has 8 heteroatoms. The number of amides is 2. The smallest absolute Gasteiger partial charge is 0.315 e. The van der Waals surface area contributed by atoms with E-state index < -0.39 is 0 Å². The summed E-state index contributed by atoms with van der Waals surface area (Å²) in [5.74, 6) is 1.44. The van der Waals surface area contributed by atoms with Crippen LogP contribution in [0.2, 0.25) is 0 Å². The molecule has 0 aliphatic carbocycles. The first-order chi connectivity index (χ1) is 13.4. The highest BCUT2D eigenvalue weighted by molar-refractivity contribution is 9.10. The summed E-state index contributed by atoms with van der Waals surface area (Å²) in [5.41, 5.74) is 0.954. The number of benzene rings is 1. The molecule has 0 radical (unpaired) electrons. The molecule has 1 saturated heterocycles. The van der Waals surface area contributed by atoms with Crippen LogP contribution in [0.1, 0.15) is 38.8 Å². The van der Waals surface area contributed by atoms with Crippen molar-refractivity contribution in [2.24, 2.45) is 0 Å². The lowest BCUT2D eigenvalue weighted by molar-refractivity contribution is -0.0679. The first-order valence-electron chi connectivity index (χ1n) is 9.93. The molecule has 1 aromatic carbocycles. The number of rotatable bonds is 6. The van der Waals surface area contributed by atoms with Crippen molar-refractivity contribution in [3.63, 3.8) is 0 Å². The summed E-state index contributed by atoms with van der Waals surface area (Å²) in [4.78, 5) is 14.7. The molecule has 28 heavy (non-hydrogen) atoms. The Labute approximate surface area is 175 Å². The van der Waals surface area contributed by atoms with Gasteiger partial charge >= 0.3 is 6.03 Å². The number of morpholine rings is 1. The van der Waals surface area contributed by atoms with Crippen LogP contribution < -0.4 is 20.1 Å². The molecule has 7 nitrogen and oxygen atoms in total. The third-order valence-corrected chi connectivity index (χ3v) is 5.59. The summed E-state index contributed by atoms with van der Waals surface area (Å²) in [6.45, 7) is 10.7. The van der Waals surface area contributed by atoms with Crippen LogP contribution in [0.15, 0.2) is 16.6 Å². The van der Waals surface area contributed by atoms with Gasteiger partial charge in [0.05, 0.1) is 18.2 Å². The van der Waals surface area contributed by atoms with Crippen LogP contribution in [0, 0.1) is 0 Å². The third-order valence-electron chi connectivity index (χ3n) is 4.91. The van der Waals surface area contributed by atoms with Gasteiger partial charge in [-0.2, -0.15) is 0 Å². The summed E-state index contributed by atoms with van der Waals surface area (Å²) < 4.78 is 17.9. The second-order valence-corrected chi connectivity index (χ2v) is 8.36. The normalized spacial score (nSPS) is 23.1. The minimum absolute atomic E-state index is 0.161. The van der Waals surface area contributed by atoms with E-state index in [9.17, 15) is 4.79 Å². The molecule has 3 rings (SSSR count).